The van der Waals surface area contributed by atoms with Crippen molar-refractivity contribution in [1.82, 2.24) is 29.3 Å². The lowest BCUT2D eigenvalue weighted by molar-refractivity contribution is -0.123. The molecule has 3 aromatic heterocycles. The van der Waals surface area contributed by atoms with E-state index in [4.69, 9.17) is 20.4 Å². The van der Waals surface area contributed by atoms with Gasteiger partial charge < -0.3 is 29.8 Å². The van der Waals surface area contributed by atoms with Crippen LogP contribution in [0.1, 0.15) is 73.6 Å². The summed E-state index contributed by atoms with van der Waals surface area (Å²) in [4.78, 5) is 37.4. The van der Waals surface area contributed by atoms with Crippen LogP contribution < -0.4 is 11.1 Å². The van der Waals surface area contributed by atoms with Gasteiger partial charge in [0, 0.05) is 56.0 Å². The number of alkyl halides is 3. The molecule has 5 heterocycles. The number of carbonyl (C=O) groups is 2. The first-order valence-corrected chi connectivity index (χ1v) is 17.0. The van der Waals surface area contributed by atoms with Crippen LogP contribution in [0.25, 0.3) is 33.6 Å². The second-order valence-corrected chi connectivity index (χ2v) is 14.3. The van der Waals surface area contributed by atoms with Crippen molar-refractivity contribution in [3.05, 3.63) is 47.4 Å². The number of imidazole rings is 1. The number of likely N-dealkylation sites (tertiary alicyclic amines) is 1. The predicted molar refractivity (Wildman–Crippen MR) is 173 cm³/mol. The summed E-state index contributed by atoms with van der Waals surface area (Å²) in [6, 6.07) is 6.14. The van der Waals surface area contributed by atoms with Gasteiger partial charge in [-0.1, -0.05) is 0 Å². The zero-order chi connectivity index (χ0) is 34.4. The second-order valence-electron chi connectivity index (χ2n) is 14.3. The standard InChI is InChI=1S/C35H39F4N7O3/c1-17-25-6-5-19-13-28(45(31(19)42-25)16-35(38,39)8-3-4-18-10-21(18)33(47)41-17)32-43-26-12-20(11-23(37)30(26)46(32)27-14-22(27)36)34(48)44-9-7-29(49-2)24(40)15-44/h5-6,11-13,17-18,21-22,24,27,29H,3-4,7-10,14-16,40H2,1-2H3,(H,41,47)/t17-,18-,21-,22-,24+,27?,29-/m1/s1. The second kappa shape index (κ2) is 11.8. The quantitative estimate of drug-likeness (QED) is 0.283. The van der Waals surface area contributed by atoms with Crippen molar-refractivity contribution in [3.8, 4) is 11.5 Å². The van der Waals surface area contributed by atoms with Gasteiger partial charge in [-0.3, -0.25) is 9.59 Å². The van der Waals surface area contributed by atoms with E-state index in [0.717, 1.165) is 6.07 Å². The van der Waals surface area contributed by atoms with Gasteiger partial charge in [0.25, 0.3) is 11.8 Å². The van der Waals surface area contributed by atoms with Crippen LogP contribution in [0.15, 0.2) is 30.3 Å². The number of nitrogens with one attached hydrogen (secondary N) is 1. The maximum Gasteiger partial charge on any atom is 0.265 e. The number of rotatable bonds is 4. The number of carbonyl (C=O) groups excluding carboxylic acids is 2. The number of nitrogens with two attached hydrogens (primary N) is 1. The average molecular weight is 682 g/mol. The zero-order valence-electron chi connectivity index (χ0n) is 27.3. The molecule has 1 aromatic carbocycles. The van der Waals surface area contributed by atoms with Gasteiger partial charge in [0.1, 0.15) is 23.2 Å². The number of methoxy groups -OCH3 is 1. The summed E-state index contributed by atoms with van der Waals surface area (Å²) in [5.74, 6) is -4.38. The van der Waals surface area contributed by atoms with E-state index in [1.807, 2.05) is 0 Å². The normalized spacial score (nSPS) is 29.9. The van der Waals surface area contributed by atoms with E-state index in [0.29, 0.717) is 36.9 Å². The Morgan fingerprint density at radius 2 is 1.94 bits per heavy atom. The van der Waals surface area contributed by atoms with Crippen LogP contribution in [0.2, 0.25) is 0 Å². The molecule has 8 rings (SSSR count). The number of hydrogen-bond acceptors (Lipinski definition) is 6. The molecule has 4 aliphatic rings. The summed E-state index contributed by atoms with van der Waals surface area (Å²) in [7, 11) is 1.57. The number of amides is 2. The number of piperidine rings is 1. The maximum atomic E-state index is 16.1. The Kier molecular flexibility index (Phi) is 7.74. The van der Waals surface area contributed by atoms with Crippen molar-refractivity contribution >= 4 is 33.9 Å². The van der Waals surface area contributed by atoms with E-state index >= 15 is 13.2 Å². The lowest BCUT2D eigenvalue weighted by Crippen LogP contribution is -2.53. The van der Waals surface area contributed by atoms with Crippen molar-refractivity contribution in [2.45, 2.75) is 88.3 Å². The van der Waals surface area contributed by atoms with Gasteiger partial charge in [-0.15, -0.1) is 0 Å². The van der Waals surface area contributed by atoms with Crippen molar-refractivity contribution < 1.29 is 31.9 Å². The predicted octanol–water partition coefficient (Wildman–Crippen LogP) is 5.30. The fourth-order valence-corrected chi connectivity index (χ4v) is 7.79. The summed E-state index contributed by atoms with van der Waals surface area (Å²) < 4.78 is 70.7. The Morgan fingerprint density at radius 1 is 1.14 bits per heavy atom. The van der Waals surface area contributed by atoms with Crippen LogP contribution in [0, 0.1) is 17.7 Å². The van der Waals surface area contributed by atoms with Gasteiger partial charge >= 0.3 is 0 Å². The molecule has 2 amide bonds. The molecule has 4 aromatic rings. The van der Waals surface area contributed by atoms with E-state index in [2.05, 4.69) is 5.32 Å². The van der Waals surface area contributed by atoms with Crippen LogP contribution >= 0.6 is 0 Å². The summed E-state index contributed by atoms with van der Waals surface area (Å²) in [5.41, 5.74) is 7.38. The number of hydrogen-bond donors (Lipinski definition) is 2. The van der Waals surface area contributed by atoms with E-state index in [1.165, 1.54) is 15.2 Å². The Labute approximate surface area is 280 Å². The largest absolute Gasteiger partial charge is 0.380 e. The molecule has 10 nitrogen and oxygen atoms in total. The average Bonchev–Trinajstić information content (AvgIpc) is 3.93. The molecule has 14 heteroatoms. The topological polar surface area (TPSA) is 120 Å². The fraction of sp³-hybridized carbons (Fsp3) is 0.543. The highest BCUT2D eigenvalue weighted by atomic mass is 19.3. The molecule has 2 aliphatic carbocycles. The zero-order valence-corrected chi connectivity index (χ0v) is 27.3. The van der Waals surface area contributed by atoms with Crippen molar-refractivity contribution in [1.29, 1.82) is 0 Å². The smallest absolute Gasteiger partial charge is 0.265 e. The van der Waals surface area contributed by atoms with E-state index in [1.54, 1.807) is 37.1 Å². The van der Waals surface area contributed by atoms with Crippen LogP contribution in [0.3, 0.4) is 0 Å². The van der Waals surface area contributed by atoms with Gasteiger partial charge in [-0.25, -0.2) is 27.5 Å². The minimum atomic E-state index is -3.14. The Bertz CT molecular complexity index is 1980. The lowest BCUT2D eigenvalue weighted by Gasteiger charge is -2.35. The minimum Gasteiger partial charge on any atom is -0.380 e. The third kappa shape index (κ3) is 5.76. The molecule has 7 atom stereocenters. The number of benzene rings is 1. The monoisotopic (exact) mass is 681 g/mol. The van der Waals surface area contributed by atoms with E-state index in [9.17, 15) is 14.0 Å². The Balaban J connectivity index is 1.24. The Hall–Kier alpha value is -4.04. The molecule has 0 spiro atoms. The first-order valence-electron chi connectivity index (χ1n) is 17.0. The van der Waals surface area contributed by atoms with Crippen LogP contribution in [0.5, 0.6) is 0 Å². The third-order valence-corrected chi connectivity index (χ3v) is 10.7. The summed E-state index contributed by atoms with van der Waals surface area (Å²) in [6.45, 7) is 1.70. The highest BCUT2D eigenvalue weighted by molar-refractivity contribution is 5.98. The van der Waals surface area contributed by atoms with Gasteiger partial charge in [0.2, 0.25) is 5.91 Å². The molecule has 1 unspecified atom stereocenters. The summed E-state index contributed by atoms with van der Waals surface area (Å²) in [5, 5.41) is 3.57. The van der Waals surface area contributed by atoms with Gasteiger partial charge in [0.15, 0.2) is 5.82 Å². The first kappa shape index (κ1) is 32.2. The van der Waals surface area contributed by atoms with Gasteiger partial charge in [0.05, 0.1) is 41.6 Å². The molecule has 3 fully saturated rings. The number of pyridine rings is 1. The number of aromatic nitrogens is 4. The van der Waals surface area contributed by atoms with Gasteiger partial charge in [-0.05, 0) is 68.9 Å². The van der Waals surface area contributed by atoms with Gasteiger partial charge in [-0.2, -0.15) is 0 Å². The molecule has 0 radical (unpaired) electrons. The lowest BCUT2D eigenvalue weighted by atomic mass is 10.0. The SMILES string of the molecule is CO[C@@H]1CCN(C(=O)c2cc(F)c3c(c2)nc(-c2cc4ccc5nc4n2CC(F)(F)CCC[C@@H]2C[C@H]2C(=O)N[C@@H]5C)n3C2C[C@H]2F)C[C@@H]1N. The number of ether oxygens (including phenoxy) is 1. The summed E-state index contributed by atoms with van der Waals surface area (Å²) >= 11 is 0. The van der Waals surface area contributed by atoms with Crippen LogP contribution in [-0.4, -0.2) is 80.3 Å². The minimum absolute atomic E-state index is 0.00108. The first-order chi connectivity index (χ1) is 23.4. The molecule has 2 aliphatic heterocycles. The molecule has 260 valence electrons. The highest BCUT2D eigenvalue weighted by Crippen LogP contribution is 2.47. The van der Waals surface area contributed by atoms with Crippen molar-refractivity contribution in [2.24, 2.45) is 17.6 Å². The molecule has 1 saturated heterocycles. The molecule has 2 saturated carbocycles. The number of fused-ring (bicyclic) bond motifs is 3. The molecular formula is C35H39F4N7O3. The number of halogens is 4. The maximum absolute atomic E-state index is 16.1. The Morgan fingerprint density at radius 3 is 2.67 bits per heavy atom. The van der Waals surface area contributed by atoms with E-state index < -0.39 is 48.5 Å². The summed E-state index contributed by atoms with van der Waals surface area (Å²) in [6.07, 6.45) is 0.276. The highest BCUT2D eigenvalue weighted by Gasteiger charge is 2.45. The molecule has 2 bridgehead atoms. The number of nitrogens with zero attached hydrogens (tertiary/aromatic N) is 5. The third-order valence-electron chi connectivity index (χ3n) is 10.7. The molecular weight excluding hydrogens is 642 g/mol. The van der Waals surface area contributed by atoms with Crippen molar-refractivity contribution in [3.63, 3.8) is 0 Å². The van der Waals surface area contributed by atoms with Crippen LogP contribution in [-0.2, 0) is 16.1 Å². The molecule has 49 heavy (non-hydrogen) atoms. The molecule has 3 N–H and O–H groups in total. The fourth-order valence-electron chi connectivity index (χ4n) is 7.79. The van der Waals surface area contributed by atoms with Crippen molar-refractivity contribution in [2.75, 3.05) is 20.2 Å². The van der Waals surface area contributed by atoms with Crippen LogP contribution in [0.4, 0.5) is 17.6 Å². The van der Waals surface area contributed by atoms with E-state index in [-0.39, 0.29) is 83.4 Å².